The number of benzene rings is 1. The highest BCUT2D eigenvalue weighted by Crippen LogP contribution is 2.43. The van der Waals surface area contributed by atoms with E-state index in [1.54, 1.807) is 19.1 Å². The zero-order valence-corrected chi connectivity index (χ0v) is 11.4. The second-order valence-electron chi connectivity index (χ2n) is 5.54. The Hall–Kier alpha value is -1.91. The maximum absolute atomic E-state index is 13.8. The van der Waals surface area contributed by atoms with Crippen molar-refractivity contribution in [3.63, 3.8) is 0 Å². The smallest absolute Gasteiger partial charge is 0.303 e. The monoisotopic (exact) mass is 279 g/mol. The number of hydrogen-bond acceptors (Lipinski definition) is 2. The standard InChI is InChI=1S/C15H18FNO3/c1-10-4-2-5-11(13(10)16)14(20)17-9-15(6-3-7-15)8-12(18)19/h2,4-5H,3,6-9H2,1H3,(H,17,20)(H,18,19). The van der Waals surface area contributed by atoms with Crippen LogP contribution in [0.15, 0.2) is 18.2 Å². The fourth-order valence-electron chi connectivity index (χ4n) is 2.60. The second kappa shape index (κ2) is 5.61. The lowest BCUT2D eigenvalue weighted by Crippen LogP contribution is -2.43. The van der Waals surface area contributed by atoms with Crippen LogP contribution in [-0.4, -0.2) is 23.5 Å². The molecule has 0 unspecified atom stereocenters. The van der Waals surface area contributed by atoms with Crippen molar-refractivity contribution in [1.82, 2.24) is 5.32 Å². The average Bonchev–Trinajstić information content (AvgIpc) is 2.35. The molecule has 108 valence electrons. The first-order valence-corrected chi connectivity index (χ1v) is 6.69. The Morgan fingerprint density at radius 3 is 2.65 bits per heavy atom. The number of carbonyl (C=O) groups excluding carboxylic acids is 1. The molecule has 1 saturated carbocycles. The number of rotatable bonds is 5. The van der Waals surface area contributed by atoms with Crippen LogP contribution in [0, 0.1) is 18.2 Å². The Labute approximate surface area is 117 Å². The van der Waals surface area contributed by atoms with E-state index in [2.05, 4.69) is 5.32 Å². The molecule has 1 fully saturated rings. The van der Waals surface area contributed by atoms with Crippen molar-refractivity contribution in [3.8, 4) is 0 Å². The first-order chi connectivity index (χ1) is 9.43. The van der Waals surface area contributed by atoms with Crippen LogP contribution in [0.4, 0.5) is 4.39 Å². The van der Waals surface area contributed by atoms with Crippen molar-refractivity contribution in [2.45, 2.75) is 32.6 Å². The molecule has 0 radical (unpaired) electrons. The summed E-state index contributed by atoms with van der Waals surface area (Å²) in [7, 11) is 0. The van der Waals surface area contributed by atoms with Crippen LogP contribution < -0.4 is 5.32 Å². The summed E-state index contributed by atoms with van der Waals surface area (Å²) in [5.41, 5.74) is 0.0678. The molecule has 1 aromatic rings. The fourth-order valence-corrected chi connectivity index (χ4v) is 2.60. The van der Waals surface area contributed by atoms with Crippen molar-refractivity contribution in [1.29, 1.82) is 0 Å². The molecule has 1 aliphatic rings. The lowest BCUT2D eigenvalue weighted by molar-refractivity contribution is -0.141. The normalized spacial score (nSPS) is 16.3. The molecule has 1 amide bonds. The number of aryl methyl sites for hydroxylation is 1. The van der Waals surface area contributed by atoms with Gasteiger partial charge in [-0.1, -0.05) is 18.6 Å². The van der Waals surface area contributed by atoms with Gasteiger partial charge in [0.1, 0.15) is 5.82 Å². The molecule has 0 bridgehead atoms. The summed E-state index contributed by atoms with van der Waals surface area (Å²) in [5, 5.41) is 11.6. The van der Waals surface area contributed by atoms with Crippen molar-refractivity contribution >= 4 is 11.9 Å². The third kappa shape index (κ3) is 2.98. The Balaban J connectivity index is 2.01. The van der Waals surface area contributed by atoms with Gasteiger partial charge in [0.25, 0.3) is 5.91 Å². The van der Waals surface area contributed by atoms with Gasteiger partial charge in [-0.25, -0.2) is 4.39 Å². The molecule has 1 aliphatic carbocycles. The van der Waals surface area contributed by atoms with Gasteiger partial charge in [-0.15, -0.1) is 0 Å². The predicted molar refractivity (Wildman–Crippen MR) is 72.0 cm³/mol. The van der Waals surface area contributed by atoms with E-state index in [0.717, 1.165) is 19.3 Å². The number of carboxylic acids is 1. The van der Waals surface area contributed by atoms with Crippen molar-refractivity contribution in [2.24, 2.45) is 5.41 Å². The number of halogens is 1. The lowest BCUT2D eigenvalue weighted by Gasteiger charge is -2.40. The molecule has 2 N–H and O–H groups in total. The van der Waals surface area contributed by atoms with E-state index < -0.39 is 17.7 Å². The summed E-state index contributed by atoms with van der Waals surface area (Å²) in [6.07, 6.45) is 2.59. The third-order valence-corrected chi connectivity index (χ3v) is 4.00. The molecule has 0 atom stereocenters. The summed E-state index contributed by atoms with van der Waals surface area (Å²) in [6.45, 7) is 1.88. The minimum Gasteiger partial charge on any atom is -0.481 e. The zero-order valence-electron chi connectivity index (χ0n) is 11.4. The summed E-state index contributed by atoms with van der Waals surface area (Å²) >= 11 is 0. The van der Waals surface area contributed by atoms with E-state index in [0.29, 0.717) is 5.56 Å². The van der Waals surface area contributed by atoms with Crippen LogP contribution in [0.25, 0.3) is 0 Å². The van der Waals surface area contributed by atoms with Gasteiger partial charge in [0.05, 0.1) is 12.0 Å². The van der Waals surface area contributed by atoms with E-state index in [1.165, 1.54) is 6.07 Å². The van der Waals surface area contributed by atoms with Gasteiger partial charge in [0.2, 0.25) is 0 Å². The molecule has 0 aromatic heterocycles. The molecule has 4 nitrogen and oxygen atoms in total. The molecule has 0 heterocycles. The number of aliphatic carboxylic acids is 1. The maximum Gasteiger partial charge on any atom is 0.303 e. The first kappa shape index (κ1) is 14.5. The third-order valence-electron chi connectivity index (χ3n) is 4.00. The van der Waals surface area contributed by atoms with Crippen LogP contribution in [0.1, 0.15) is 41.6 Å². The van der Waals surface area contributed by atoms with Crippen LogP contribution in [0.2, 0.25) is 0 Å². The van der Waals surface area contributed by atoms with E-state index >= 15 is 0 Å². The molecule has 1 aromatic carbocycles. The SMILES string of the molecule is Cc1cccc(C(=O)NCC2(CC(=O)O)CCC2)c1F. The van der Waals surface area contributed by atoms with Crippen LogP contribution >= 0.6 is 0 Å². The van der Waals surface area contributed by atoms with Crippen LogP contribution in [0.5, 0.6) is 0 Å². The molecular formula is C15H18FNO3. The van der Waals surface area contributed by atoms with Crippen molar-refractivity contribution in [3.05, 3.63) is 35.1 Å². The van der Waals surface area contributed by atoms with Crippen molar-refractivity contribution in [2.75, 3.05) is 6.54 Å². The first-order valence-electron chi connectivity index (χ1n) is 6.69. The fraction of sp³-hybridized carbons (Fsp3) is 0.467. The van der Waals surface area contributed by atoms with E-state index in [4.69, 9.17) is 5.11 Å². The minimum atomic E-state index is -0.860. The number of amides is 1. The molecule has 0 saturated heterocycles. The largest absolute Gasteiger partial charge is 0.481 e. The van der Waals surface area contributed by atoms with E-state index in [-0.39, 0.29) is 23.9 Å². The molecule has 2 rings (SSSR count). The number of carboxylic acid groups (broad SMARTS) is 1. The number of hydrogen-bond donors (Lipinski definition) is 2. The topological polar surface area (TPSA) is 66.4 Å². The quantitative estimate of drug-likeness (QED) is 0.870. The summed E-state index contributed by atoms with van der Waals surface area (Å²) in [4.78, 5) is 22.8. The number of nitrogens with one attached hydrogen (secondary N) is 1. The van der Waals surface area contributed by atoms with E-state index in [9.17, 15) is 14.0 Å². The molecule has 0 aliphatic heterocycles. The molecule has 20 heavy (non-hydrogen) atoms. The Morgan fingerprint density at radius 1 is 1.40 bits per heavy atom. The second-order valence-corrected chi connectivity index (χ2v) is 5.54. The molecular weight excluding hydrogens is 261 g/mol. The van der Waals surface area contributed by atoms with Gasteiger partial charge in [-0.2, -0.15) is 0 Å². The van der Waals surface area contributed by atoms with Crippen LogP contribution in [-0.2, 0) is 4.79 Å². The Kier molecular flexibility index (Phi) is 4.06. The highest BCUT2D eigenvalue weighted by atomic mass is 19.1. The molecule has 5 heteroatoms. The van der Waals surface area contributed by atoms with Gasteiger partial charge in [-0.3, -0.25) is 9.59 Å². The Morgan fingerprint density at radius 2 is 2.10 bits per heavy atom. The zero-order chi connectivity index (χ0) is 14.8. The maximum atomic E-state index is 13.8. The van der Waals surface area contributed by atoms with Gasteiger partial charge >= 0.3 is 5.97 Å². The highest BCUT2D eigenvalue weighted by molar-refractivity contribution is 5.94. The number of carbonyl (C=O) groups is 2. The highest BCUT2D eigenvalue weighted by Gasteiger charge is 2.39. The van der Waals surface area contributed by atoms with Gasteiger partial charge in [0, 0.05) is 6.54 Å². The van der Waals surface area contributed by atoms with Crippen LogP contribution in [0.3, 0.4) is 0 Å². The summed E-state index contributed by atoms with van der Waals surface area (Å²) < 4.78 is 13.8. The predicted octanol–water partition coefficient (Wildman–Crippen LogP) is 2.51. The average molecular weight is 279 g/mol. The van der Waals surface area contributed by atoms with Crippen molar-refractivity contribution < 1.29 is 19.1 Å². The minimum absolute atomic E-state index is 0.00907. The van der Waals surface area contributed by atoms with Gasteiger partial charge < -0.3 is 10.4 Å². The lowest BCUT2D eigenvalue weighted by atomic mass is 9.66. The molecule has 0 spiro atoms. The summed E-state index contributed by atoms with van der Waals surface area (Å²) in [5.74, 6) is -1.87. The Bertz CT molecular complexity index is 538. The summed E-state index contributed by atoms with van der Waals surface area (Å²) in [6, 6.07) is 4.66. The van der Waals surface area contributed by atoms with Gasteiger partial charge in [0.15, 0.2) is 0 Å². The van der Waals surface area contributed by atoms with E-state index in [1.807, 2.05) is 0 Å². The van der Waals surface area contributed by atoms with Gasteiger partial charge in [-0.05, 0) is 36.8 Å².